The van der Waals surface area contributed by atoms with E-state index >= 15 is 0 Å². The van der Waals surface area contributed by atoms with Crippen LogP contribution in [0, 0.1) is 11.3 Å². The van der Waals surface area contributed by atoms with Crippen molar-refractivity contribution in [3.05, 3.63) is 87.9 Å². The van der Waals surface area contributed by atoms with Gasteiger partial charge < -0.3 is 19.3 Å². The molecule has 0 aromatic heterocycles. The third-order valence-corrected chi connectivity index (χ3v) is 13.3. The lowest BCUT2D eigenvalue weighted by Gasteiger charge is -2.42. The van der Waals surface area contributed by atoms with Crippen LogP contribution in [0.1, 0.15) is 101 Å². The van der Waals surface area contributed by atoms with Crippen LogP contribution in [0.4, 0.5) is 5.69 Å². The molecule has 0 spiro atoms. The monoisotopic (exact) mass is 804 g/mol. The Morgan fingerprint density at radius 3 is 2.07 bits per heavy atom. The molecule has 13 nitrogen and oxygen atoms in total. The summed E-state index contributed by atoms with van der Waals surface area (Å²) in [4.78, 5) is 72.1. The molecule has 6 aliphatic heterocycles. The molecule has 58 heavy (non-hydrogen) atoms. The molecule has 0 aliphatic carbocycles. The van der Waals surface area contributed by atoms with E-state index in [2.05, 4.69) is 26.1 Å². The van der Waals surface area contributed by atoms with E-state index in [1.807, 2.05) is 30.3 Å². The lowest BCUT2D eigenvalue weighted by atomic mass is 9.98. The number of nitriles is 1. The molecule has 1 N–H and O–H groups in total. The van der Waals surface area contributed by atoms with Crippen molar-refractivity contribution >= 4 is 46.8 Å². The van der Waals surface area contributed by atoms with E-state index in [9.17, 15) is 24.0 Å². The minimum Gasteiger partial charge on any atom is -0.490 e. The maximum Gasteiger partial charge on any atom is 0.262 e. The standard InChI is InChI=1S/C44H45ClN6O7/c45-38-24-34(9-3-27(38)25-46)58-35-21-30-4-5-31(22-35)50(30)42(54)26-1-7-32(8-2-26)57-33-15-19-48(20-16-33)28-13-17-49(18-14-28)29-6-10-36-37(23-29)44(56)51(43(36)55)39-11-12-40(52)47-41(39)53/h1-3,6-10,23-24,28,30-31,33,35,39H,4-5,11-22H2,(H,47,52,53)/t30-,31+,35+,39?. The molecular formula is C44H45ClN6O7. The number of imide groups is 2. The van der Waals surface area contributed by atoms with Crippen LogP contribution in [0.2, 0.25) is 5.02 Å². The Kier molecular flexibility index (Phi) is 10.3. The van der Waals surface area contributed by atoms with E-state index in [1.165, 1.54) is 0 Å². The van der Waals surface area contributed by atoms with Crippen LogP contribution in [0.3, 0.4) is 0 Å². The second-order valence-electron chi connectivity index (χ2n) is 16.3. The number of anilines is 1. The summed E-state index contributed by atoms with van der Waals surface area (Å²) in [6.45, 7) is 3.53. The van der Waals surface area contributed by atoms with Crippen LogP contribution in [0.5, 0.6) is 11.5 Å². The third-order valence-electron chi connectivity index (χ3n) is 12.9. The lowest BCUT2D eigenvalue weighted by molar-refractivity contribution is -0.136. The first-order valence-corrected chi connectivity index (χ1v) is 20.8. The third kappa shape index (κ3) is 7.28. The molecule has 1 unspecified atom stereocenters. The molecule has 0 saturated carbocycles. The number of hydrogen-bond donors (Lipinski definition) is 1. The summed E-state index contributed by atoms with van der Waals surface area (Å²) in [7, 11) is 0. The predicted octanol–water partition coefficient (Wildman–Crippen LogP) is 5.34. The second-order valence-corrected chi connectivity index (χ2v) is 16.7. The summed E-state index contributed by atoms with van der Waals surface area (Å²) in [5.41, 5.74) is 2.57. The van der Waals surface area contributed by atoms with Crippen molar-refractivity contribution in [2.75, 3.05) is 31.1 Å². The Morgan fingerprint density at radius 2 is 1.40 bits per heavy atom. The van der Waals surface area contributed by atoms with Crippen molar-refractivity contribution in [3.8, 4) is 17.6 Å². The van der Waals surface area contributed by atoms with Crippen molar-refractivity contribution in [1.29, 1.82) is 5.26 Å². The van der Waals surface area contributed by atoms with Crippen molar-refractivity contribution in [1.82, 2.24) is 20.0 Å². The van der Waals surface area contributed by atoms with Crippen LogP contribution >= 0.6 is 11.6 Å². The number of halogens is 1. The van der Waals surface area contributed by atoms with E-state index in [0.717, 1.165) is 93.9 Å². The van der Waals surface area contributed by atoms with Gasteiger partial charge in [-0.05, 0) is 99.5 Å². The van der Waals surface area contributed by atoms with Crippen LogP contribution in [0.25, 0.3) is 0 Å². The number of hydrogen-bond acceptors (Lipinski definition) is 10. The summed E-state index contributed by atoms with van der Waals surface area (Å²) in [6.07, 6.45) is 7.53. The van der Waals surface area contributed by atoms with E-state index in [4.69, 9.17) is 26.3 Å². The summed E-state index contributed by atoms with van der Waals surface area (Å²) < 4.78 is 12.7. The predicted molar refractivity (Wildman–Crippen MR) is 213 cm³/mol. The minimum atomic E-state index is -0.975. The fraction of sp³-hybridized carbons (Fsp3) is 0.455. The number of amides is 5. The molecule has 0 radical (unpaired) electrons. The number of carbonyl (C=O) groups is 5. The average Bonchev–Trinajstić information content (AvgIpc) is 3.65. The highest BCUT2D eigenvalue weighted by Gasteiger charge is 2.46. The van der Waals surface area contributed by atoms with Gasteiger partial charge in [-0.2, -0.15) is 5.26 Å². The molecule has 3 aromatic rings. The molecule has 14 heteroatoms. The number of benzene rings is 3. The minimum absolute atomic E-state index is 0.0129. The number of likely N-dealkylation sites (tertiary alicyclic amines) is 1. The van der Waals surface area contributed by atoms with Crippen molar-refractivity contribution < 1.29 is 33.4 Å². The van der Waals surface area contributed by atoms with Crippen molar-refractivity contribution in [3.63, 3.8) is 0 Å². The van der Waals surface area contributed by atoms with Crippen LogP contribution in [0.15, 0.2) is 60.7 Å². The maximum atomic E-state index is 13.7. The van der Waals surface area contributed by atoms with Gasteiger partial charge in [0.05, 0.1) is 21.7 Å². The van der Waals surface area contributed by atoms with Gasteiger partial charge in [-0.25, -0.2) is 0 Å². The Hall–Kier alpha value is -5.45. The van der Waals surface area contributed by atoms with E-state index in [1.54, 1.807) is 30.3 Å². The van der Waals surface area contributed by atoms with Crippen LogP contribution < -0.4 is 19.7 Å². The molecule has 300 valence electrons. The zero-order valence-corrected chi connectivity index (χ0v) is 32.9. The molecular weight excluding hydrogens is 760 g/mol. The zero-order valence-electron chi connectivity index (χ0n) is 32.1. The Bertz CT molecular complexity index is 2180. The van der Waals surface area contributed by atoms with Crippen LogP contribution in [-0.4, -0.2) is 107 Å². The second kappa shape index (κ2) is 15.7. The van der Waals surface area contributed by atoms with Crippen molar-refractivity contribution in [2.24, 2.45) is 0 Å². The number of piperidine rings is 4. The number of nitrogens with zero attached hydrogens (tertiary/aromatic N) is 5. The molecule has 5 saturated heterocycles. The molecule has 5 fully saturated rings. The van der Waals surface area contributed by atoms with Gasteiger partial charge in [0.1, 0.15) is 35.8 Å². The highest BCUT2D eigenvalue weighted by Crippen LogP contribution is 2.39. The van der Waals surface area contributed by atoms with Crippen molar-refractivity contribution in [2.45, 2.75) is 101 Å². The van der Waals surface area contributed by atoms with Gasteiger partial charge >= 0.3 is 0 Å². The molecule has 3 aromatic carbocycles. The molecule has 9 rings (SSSR count). The van der Waals surface area contributed by atoms with E-state index in [0.29, 0.717) is 39.1 Å². The van der Waals surface area contributed by atoms with E-state index < -0.39 is 29.7 Å². The number of nitrogens with one attached hydrogen (secondary N) is 1. The fourth-order valence-corrected chi connectivity index (χ4v) is 10.1. The number of rotatable bonds is 8. The largest absolute Gasteiger partial charge is 0.490 e. The van der Waals surface area contributed by atoms with Gasteiger partial charge in [-0.3, -0.25) is 39.1 Å². The quantitative estimate of drug-likeness (QED) is 0.296. The van der Waals surface area contributed by atoms with Gasteiger partial charge in [0, 0.05) is 80.9 Å². The van der Waals surface area contributed by atoms with Crippen LogP contribution in [-0.2, 0) is 9.59 Å². The smallest absolute Gasteiger partial charge is 0.262 e. The molecule has 2 bridgehead atoms. The zero-order chi connectivity index (χ0) is 40.1. The molecule has 6 aliphatic rings. The topological polar surface area (TPSA) is 153 Å². The average molecular weight is 805 g/mol. The number of fused-ring (bicyclic) bond motifs is 3. The number of carbonyl (C=O) groups excluding carboxylic acids is 5. The SMILES string of the molecule is N#Cc1ccc(O[C@H]2C[C@H]3CC[C@@H](C2)N3C(=O)c2ccc(OC3CCN(C4CCN(c5ccc6c(c5)C(=O)N(C5CCC(=O)NC5=O)C6=O)CC4)CC3)cc2)cc1Cl. The van der Waals surface area contributed by atoms with Gasteiger partial charge in [-0.15, -0.1) is 0 Å². The molecule has 5 amide bonds. The highest BCUT2D eigenvalue weighted by atomic mass is 35.5. The first kappa shape index (κ1) is 38.1. The summed E-state index contributed by atoms with van der Waals surface area (Å²) in [6, 6.07) is 19.8. The Labute approximate surface area is 341 Å². The normalized spacial score (nSPS) is 25.4. The van der Waals surface area contributed by atoms with Gasteiger partial charge in [-0.1, -0.05) is 11.6 Å². The first-order chi connectivity index (χ1) is 28.1. The first-order valence-electron chi connectivity index (χ1n) is 20.4. The summed E-state index contributed by atoms with van der Waals surface area (Å²) in [5.74, 6) is -0.511. The highest BCUT2D eigenvalue weighted by molar-refractivity contribution is 6.31. The van der Waals surface area contributed by atoms with Gasteiger partial charge in [0.25, 0.3) is 17.7 Å². The van der Waals surface area contributed by atoms with Gasteiger partial charge in [0.2, 0.25) is 11.8 Å². The number of ether oxygens (including phenoxy) is 2. The van der Waals surface area contributed by atoms with Gasteiger partial charge in [0.15, 0.2) is 0 Å². The molecule has 6 heterocycles. The Balaban J connectivity index is 0.729. The molecule has 4 atom stereocenters. The van der Waals surface area contributed by atoms with E-state index in [-0.39, 0.29) is 43.0 Å². The fourth-order valence-electron chi connectivity index (χ4n) is 9.93. The maximum absolute atomic E-state index is 13.7. The Morgan fingerprint density at radius 1 is 0.724 bits per heavy atom. The summed E-state index contributed by atoms with van der Waals surface area (Å²) in [5, 5.41) is 11.8. The lowest BCUT2D eigenvalue weighted by Crippen LogP contribution is -2.54. The summed E-state index contributed by atoms with van der Waals surface area (Å²) >= 11 is 6.22.